The van der Waals surface area contributed by atoms with Crippen molar-refractivity contribution in [3.05, 3.63) is 59.3 Å². The van der Waals surface area contributed by atoms with Crippen LogP contribution < -0.4 is 20.9 Å². The molecule has 0 spiro atoms. The third kappa shape index (κ3) is 4.60. The quantitative estimate of drug-likeness (QED) is 0.395. The fraction of sp³-hybridized carbons (Fsp3) is 0.190. The van der Waals surface area contributed by atoms with Crippen LogP contribution in [0.25, 0.3) is 11.3 Å². The van der Waals surface area contributed by atoms with Crippen molar-refractivity contribution in [2.75, 3.05) is 20.0 Å². The molecule has 5 N–H and O–H groups in total. The van der Waals surface area contributed by atoms with E-state index in [1.165, 1.54) is 0 Å². The lowest BCUT2D eigenvalue weighted by molar-refractivity contribution is 0.394. The Morgan fingerprint density at radius 3 is 2.39 bits per heavy atom. The summed E-state index contributed by atoms with van der Waals surface area (Å²) < 4.78 is 12.2. The highest BCUT2D eigenvalue weighted by atomic mass is 35.5. The minimum absolute atomic E-state index is 0. The lowest BCUT2D eigenvalue weighted by Crippen LogP contribution is -2.13. The monoisotopic (exact) mass is 462 g/mol. The molecule has 10 heteroatoms. The molecule has 0 aliphatic heterocycles. The lowest BCUT2D eigenvalue weighted by atomic mass is 10.0. The van der Waals surface area contributed by atoms with Crippen LogP contribution in [0.1, 0.15) is 23.1 Å². The van der Waals surface area contributed by atoms with Gasteiger partial charge in [0.25, 0.3) is 0 Å². The van der Waals surface area contributed by atoms with Crippen LogP contribution in [0.4, 0.5) is 5.95 Å². The van der Waals surface area contributed by atoms with Gasteiger partial charge in [-0.2, -0.15) is 5.10 Å². The normalized spacial score (nSPS) is 13.2. The predicted molar refractivity (Wildman–Crippen MR) is 127 cm³/mol. The Hall–Kier alpha value is -3.23. The molecule has 1 heterocycles. The summed E-state index contributed by atoms with van der Waals surface area (Å²) >= 11 is 0. The van der Waals surface area contributed by atoms with Gasteiger partial charge in [0.2, 0.25) is 5.95 Å². The van der Waals surface area contributed by atoms with Crippen molar-refractivity contribution in [3.8, 4) is 22.8 Å². The van der Waals surface area contributed by atoms with Crippen molar-refractivity contribution in [2.45, 2.75) is 12.8 Å². The van der Waals surface area contributed by atoms with E-state index in [2.05, 4.69) is 4.98 Å². The van der Waals surface area contributed by atoms with Crippen LogP contribution in [0.2, 0.25) is 0 Å². The molecule has 0 bridgehead atoms. The number of imidazole rings is 1. The average molecular weight is 463 g/mol. The zero-order valence-electron chi connectivity index (χ0n) is 17.1. The smallest absolute Gasteiger partial charge is 0.221 e. The molecule has 0 saturated carbocycles. The van der Waals surface area contributed by atoms with Gasteiger partial charge in [0.15, 0.2) is 0 Å². The largest absolute Gasteiger partial charge is 0.497 e. The lowest BCUT2D eigenvalue weighted by Gasteiger charge is -2.06. The molecular formula is C21H24Cl2N6O2. The number of nitrogens with one attached hydrogen (secondary N) is 1. The Morgan fingerprint density at radius 2 is 1.77 bits per heavy atom. The summed E-state index contributed by atoms with van der Waals surface area (Å²) in [4.78, 5) is 4.44. The zero-order valence-corrected chi connectivity index (χ0v) is 18.7. The maximum absolute atomic E-state index is 7.77. The molecule has 3 aromatic rings. The second kappa shape index (κ2) is 9.72. The first-order chi connectivity index (χ1) is 14.0. The Kier molecular flexibility index (Phi) is 7.54. The van der Waals surface area contributed by atoms with E-state index < -0.39 is 0 Å². The van der Waals surface area contributed by atoms with Gasteiger partial charge in [-0.15, -0.1) is 24.8 Å². The fourth-order valence-corrected chi connectivity index (χ4v) is 3.55. The Labute approximate surface area is 192 Å². The highest BCUT2D eigenvalue weighted by Crippen LogP contribution is 2.30. The van der Waals surface area contributed by atoms with E-state index in [4.69, 9.17) is 31.5 Å². The van der Waals surface area contributed by atoms with Crippen molar-refractivity contribution in [1.29, 1.82) is 5.41 Å². The number of methoxy groups -OCH3 is 2. The van der Waals surface area contributed by atoms with E-state index in [-0.39, 0.29) is 36.6 Å². The van der Waals surface area contributed by atoms with Gasteiger partial charge < -0.3 is 20.9 Å². The highest BCUT2D eigenvalue weighted by molar-refractivity contribution is 6.08. The zero-order chi connectivity index (χ0) is 20.5. The molecular weight excluding hydrogens is 439 g/mol. The maximum atomic E-state index is 7.77. The number of fused-ring (bicyclic) bond motifs is 1. The first-order valence-corrected chi connectivity index (χ1v) is 9.13. The molecule has 8 nitrogen and oxygen atoms in total. The molecule has 1 aliphatic rings. The van der Waals surface area contributed by atoms with E-state index in [0.717, 1.165) is 40.8 Å². The van der Waals surface area contributed by atoms with Crippen LogP contribution in [0.15, 0.2) is 47.7 Å². The third-order valence-electron chi connectivity index (χ3n) is 4.98. The SMILES string of the molecule is COc1cc(OC)cc(-c2cn(N=C3CCc4c(C(=N)N)cccc43)c(N)n2)c1.Cl.Cl. The molecule has 2 aromatic carbocycles. The third-order valence-corrected chi connectivity index (χ3v) is 4.98. The fourth-order valence-electron chi connectivity index (χ4n) is 3.55. The number of hydrogen-bond donors (Lipinski definition) is 3. The van der Waals surface area contributed by atoms with Crippen molar-refractivity contribution in [1.82, 2.24) is 9.66 Å². The molecule has 0 atom stereocenters. The van der Waals surface area contributed by atoms with Gasteiger partial charge in [0.1, 0.15) is 17.3 Å². The predicted octanol–water partition coefficient (Wildman–Crippen LogP) is 3.48. The summed E-state index contributed by atoms with van der Waals surface area (Å²) in [5.74, 6) is 1.69. The summed E-state index contributed by atoms with van der Waals surface area (Å²) in [7, 11) is 3.20. The van der Waals surface area contributed by atoms with Gasteiger partial charge in [0, 0.05) is 22.8 Å². The summed E-state index contributed by atoms with van der Waals surface area (Å²) in [5.41, 5.74) is 17.0. The Bertz CT molecular complexity index is 1120. The molecule has 1 aromatic heterocycles. The van der Waals surface area contributed by atoms with Crippen LogP contribution in [0.3, 0.4) is 0 Å². The number of nitrogens with zero attached hydrogens (tertiary/aromatic N) is 3. The first-order valence-electron chi connectivity index (χ1n) is 9.13. The summed E-state index contributed by atoms with van der Waals surface area (Å²) in [6.45, 7) is 0. The van der Waals surface area contributed by atoms with Crippen molar-refractivity contribution < 1.29 is 9.47 Å². The maximum Gasteiger partial charge on any atom is 0.221 e. The molecule has 0 unspecified atom stereocenters. The van der Waals surface area contributed by atoms with Gasteiger partial charge in [-0.05, 0) is 30.5 Å². The van der Waals surface area contributed by atoms with Gasteiger partial charge in [-0.25, -0.2) is 9.66 Å². The number of ether oxygens (including phenoxy) is 2. The molecule has 4 rings (SSSR count). The Balaban J connectivity index is 0.00000171. The van der Waals surface area contributed by atoms with E-state index >= 15 is 0 Å². The van der Waals surface area contributed by atoms with Crippen LogP contribution in [-0.4, -0.2) is 35.4 Å². The number of rotatable bonds is 5. The summed E-state index contributed by atoms with van der Waals surface area (Å²) in [6.07, 6.45) is 3.32. The van der Waals surface area contributed by atoms with Gasteiger partial charge in [0.05, 0.1) is 31.8 Å². The Morgan fingerprint density at radius 1 is 1.10 bits per heavy atom. The molecule has 164 valence electrons. The van der Waals surface area contributed by atoms with E-state index in [1.54, 1.807) is 31.2 Å². The number of aromatic nitrogens is 2. The number of hydrogen-bond acceptors (Lipinski definition) is 6. The minimum atomic E-state index is 0. The van der Waals surface area contributed by atoms with Gasteiger partial charge in [-0.3, -0.25) is 5.41 Å². The van der Waals surface area contributed by atoms with Gasteiger partial charge >= 0.3 is 0 Å². The van der Waals surface area contributed by atoms with E-state index in [9.17, 15) is 0 Å². The summed E-state index contributed by atoms with van der Waals surface area (Å²) in [6, 6.07) is 11.3. The second-order valence-corrected chi connectivity index (χ2v) is 6.72. The first kappa shape index (κ1) is 24.0. The number of amidine groups is 1. The molecule has 31 heavy (non-hydrogen) atoms. The topological polar surface area (TPSA) is 125 Å². The number of anilines is 1. The highest BCUT2D eigenvalue weighted by Gasteiger charge is 2.22. The minimum Gasteiger partial charge on any atom is -0.497 e. The van der Waals surface area contributed by atoms with Crippen LogP contribution in [0.5, 0.6) is 11.5 Å². The van der Waals surface area contributed by atoms with Gasteiger partial charge in [-0.1, -0.05) is 18.2 Å². The standard InChI is InChI=1S/C21H22N6O2.2ClH/c1-28-13-8-12(9-14(10-13)29-2)19-11-27(21(24)25-19)26-18-7-6-15-16(18)4-3-5-17(15)20(22)23;;/h3-5,8-11H,6-7H2,1-2H3,(H3,22,23)(H2,24,25);2*1H. The van der Waals surface area contributed by atoms with Crippen molar-refractivity contribution >= 4 is 42.3 Å². The second-order valence-electron chi connectivity index (χ2n) is 6.72. The number of benzene rings is 2. The van der Waals surface area contributed by atoms with E-state index in [0.29, 0.717) is 17.2 Å². The molecule has 0 saturated heterocycles. The van der Waals surface area contributed by atoms with E-state index in [1.807, 2.05) is 30.3 Å². The van der Waals surface area contributed by atoms with Crippen molar-refractivity contribution in [2.24, 2.45) is 10.8 Å². The number of halogens is 2. The van der Waals surface area contributed by atoms with Crippen LogP contribution in [-0.2, 0) is 6.42 Å². The van der Waals surface area contributed by atoms with Crippen molar-refractivity contribution in [3.63, 3.8) is 0 Å². The average Bonchev–Trinajstić information content (AvgIpc) is 3.31. The number of nitrogens with two attached hydrogens (primary N) is 2. The summed E-state index contributed by atoms with van der Waals surface area (Å²) in [5, 5.41) is 12.5. The molecule has 1 aliphatic carbocycles. The number of nitrogen functional groups attached to an aromatic ring is 2. The van der Waals surface area contributed by atoms with Crippen LogP contribution in [0, 0.1) is 5.41 Å². The molecule has 0 fully saturated rings. The van der Waals surface area contributed by atoms with Crippen LogP contribution >= 0.6 is 24.8 Å². The molecule has 0 amide bonds. The molecule has 0 radical (unpaired) electrons.